The summed E-state index contributed by atoms with van der Waals surface area (Å²) in [6, 6.07) is 14.0. The molecule has 0 spiro atoms. The number of rotatable bonds is 5. The van der Waals surface area contributed by atoms with Gasteiger partial charge in [0.05, 0.1) is 17.7 Å². The molecule has 5 aromatic rings. The molecule has 0 atom stereocenters. The van der Waals surface area contributed by atoms with Crippen LogP contribution in [0.2, 0.25) is 0 Å². The summed E-state index contributed by atoms with van der Waals surface area (Å²) in [5, 5.41) is 9.61. The molecule has 34 heavy (non-hydrogen) atoms. The predicted octanol–water partition coefficient (Wildman–Crippen LogP) is 4.76. The minimum atomic E-state index is -0.745. The average Bonchev–Trinajstić information content (AvgIpc) is 3.44. The second-order valence-corrected chi connectivity index (χ2v) is 8.10. The third kappa shape index (κ3) is 3.73. The molecule has 0 unspecified atom stereocenters. The molecule has 10 heteroatoms. The van der Waals surface area contributed by atoms with E-state index >= 15 is 0 Å². The zero-order chi connectivity index (χ0) is 23.8. The fourth-order valence-corrected chi connectivity index (χ4v) is 4.47. The summed E-state index contributed by atoms with van der Waals surface area (Å²) in [6.45, 7) is 1.74. The normalized spacial score (nSPS) is 11.1. The van der Waals surface area contributed by atoms with Crippen molar-refractivity contribution in [1.82, 2.24) is 9.78 Å². The molecular formula is C24H16FN3O5S. The second kappa shape index (κ2) is 8.56. The van der Waals surface area contributed by atoms with E-state index in [0.29, 0.717) is 5.58 Å². The van der Waals surface area contributed by atoms with Gasteiger partial charge in [0.15, 0.2) is 11.5 Å². The Bertz CT molecular complexity index is 1600. The van der Waals surface area contributed by atoms with Crippen LogP contribution in [0.25, 0.3) is 27.4 Å². The van der Waals surface area contributed by atoms with Crippen LogP contribution in [0.5, 0.6) is 0 Å². The van der Waals surface area contributed by atoms with E-state index in [-0.39, 0.29) is 39.5 Å². The maximum atomic E-state index is 13.8. The third-order valence-electron chi connectivity index (χ3n) is 5.05. The standard InChI is InChI=1S/C24H16FN3O5S/c1-2-32-24(31)20-16-12-34-22(26-21(29)18-10-13-6-3-4-9-17(13)33-18)19(16)23(30)28(27-20)15-8-5-7-14(25)11-15/h3-12H,2H2,1H3,(H,26,29). The van der Waals surface area contributed by atoms with Gasteiger partial charge in [0.25, 0.3) is 11.5 Å². The van der Waals surface area contributed by atoms with E-state index in [9.17, 15) is 18.8 Å². The Morgan fingerprint density at radius 3 is 2.76 bits per heavy atom. The summed E-state index contributed by atoms with van der Waals surface area (Å²) in [5.74, 6) is -1.82. The molecule has 0 saturated carbocycles. The first-order valence-corrected chi connectivity index (χ1v) is 11.1. The van der Waals surface area contributed by atoms with Crippen LogP contribution >= 0.6 is 11.3 Å². The van der Waals surface area contributed by atoms with Crippen LogP contribution < -0.4 is 10.9 Å². The van der Waals surface area contributed by atoms with Gasteiger partial charge in [-0.2, -0.15) is 9.78 Å². The van der Waals surface area contributed by atoms with E-state index in [2.05, 4.69) is 10.4 Å². The van der Waals surface area contributed by atoms with E-state index in [0.717, 1.165) is 27.5 Å². The van der Waals surface area contributed by atoms with Gasteiger partial charge < -0.3 is 14.5 Å². The van der Waals surface area contributed by atoms with Crippen LogP contribution in [0.3, 0.4) is 0 Å². The zero-order valence-corrected chi connectivity index (χ0v) is 18.5. The van der Waals surface area contributed by atoms with Gasteiger partial charge in [0.2, 0.25) is 0 Å². The first-order valence-electron chi connectivity index (χ1n) is 10.2. The number of nitrogens with one attached hydrogen (secondary N) is 1. The molecule has 0 aliphatic carbocycles. The summed E-state index contributed by atoms with van der Waals surface area (Å²) >= 11 is 1.05. The van der Waals surface area contributed by atoms with Crippen LogP contribution in [0, 0.1) is 5.82 Å². The number of aromatic nitrogens is 2. The highest BCUT2D eigenvalue weighted by Gasteiger charge is 2.24. The van der Waals surface area contributed by atoms with Gasteiger partial charge in [-0.1, -0.05) is 24.3 Å². The maximum absolute atomic E-state index is 13.8. The van der Waals surface area contributed by atoms with Crippen LogP contribution in [-0.2, 0) is 4.74 Å². The van der Waals surface area contributed by atoms with E-state index in [4.69, 9.17) is 9.15 Å². The quantitative estimate of drug-likeness (QED) is 0.366. The van der Waals surface area contributed by atoms with Gasteiger partial charge in [0.1, 0.15) is 16.4 Å². The molecule has 0 saturated heterocycles. The summed E-state index contributed by atoms with van der Waals surface area (Å²) in [6.07, 6.45) is 0. The summed E-state index contributed by atoms with van der Waals surface area (Å²) in [7, 11) is 0. The van der Waals surface area contributed by atoms with Gasteiger partial charge in [-0.3, -0.25) is 9.59 Å². The number of thiophene rings is 1. The molecule has 5 rings (SSSR count). The number of hydrogen-bond donors (Lipinski definition) is 1. The molecule has 0 bridgehead atoms. The Kier molecular flexibility index (Phi) is 5.42. The molecule has 1 N–H and O–H groups in total. The van der Waals surface area contributed by atoms with E-state index < -0.39 is 23.3 Å². The Balaban J connectivity index is 1.64. The number of para-hydroxylation sites is 1. The van der Waals surface area contributed by atoms with Crippen molar-refractivity contribution in [3.8, 4) is 5.69 Å². The number of ether oxygens (including phenoxy) is 1. The van der Waals surface area contributed by atoms with Crippen molar-refractivity contribution in [3.05, 3.63) is 87.6 Å². The van der Waals surface area contributed by atoms with Crippen molar-refractivity contribution >= 4 is 50.0 Å². The monoisotopic (exact) mass is 477 g/mol. The predicted molar refractivity (Wildman–Crippen MR) is 125 cm³/mol. The molecule has 8 nitrogen and oxygen atoms in total. The molecular weight excluding hydrogens is 461 g/mol. The number of furan rings is 1. The first-order chi connectivity index (χ1) is 16.5. The molecule has 0 radical (unpaired) electrons. The van der Waals surface area contributed by atoms with Crippen LogP contribution in [0.4, 0.5) is 9.39 Å². The number of nitrogens with zero attached hydrogens (tertiary/aromatic N) is 2. The number of esters is 1. The number of fused-ring (bicyclic) bond motifs is 2. The van der Waals surface area contributed by atoms with Gasteiger partial charge in [-0.05, 0) is 37.3 Å². The van der Waals surface area contributed by atoms with Crippen LogP contribution in [0.15, 0.2) is 69.2 Å². The summed E-state index contributed by atoms with van der Waals surface area (Å²) < 4.78 is 25.5. The largest absolute Gasteiger partial charge is 0.461 e. The van der Waals surface area contributed by atoms with Crippen molar-refractivity contribution in [2.45, 2.75) is 6.92 Å². The highest BCUT2D eigenvalue weighted by Crippen LogP contribution is 2.31. The van der Waals surface area contributed by atoms with Gasteiger partial charge in [-0.25, -0.2) is 9.18 Å². The Labute approximate surface area is 195 Å². The number of benzene rings is 2. The molecule has 0 aliphatic rings. The minimum Gasteiger partial charge on any atom is -0.461 e. The second-order valence-electron chi connectivity index (χ2n) is 7.22. The highest BCUT2D eigenvalue weighted by atomic mass is 32.1. The minimum absolute atomic E-state index is 0.0526. The molecule has 3 heterocycles. The van der Waals surface area contributed by atoms with Crippen molar-refractivity contribution in [1.29, 1.82) is 0 Å². The molecule has 3 aromatic heterocycles. The van der Waals surface area contributed by atoms with Crippen molar-refractivity contribution in [2.24, 2.45) is 0 Å². The average molecular weight is 477 g/mol. The number of halogens is 1. The van der Waals surface area contributed by atoms with Crippen LogP contribution in [-0.4, -0.2) is 28.3 Å². The smallest absolute Gasteiger partial charge is 0.359 e. The molecule has 2 aromatic carbocycles. The molecule has 0 aliphatic heterocycles. The molecule has 170 valence electrons. The van der Waals surface area contributed by atoms with Crippen molar-refractivity contribution < 1.29 is 23.1 Å². The summed E-state index contributed by atoms with van der Waals surface area (Å²) in [4.78, 5) is 38.9. The fourth-order valence-electron chi connectivity index (χ4n) is 3.53. The topological polar surface area (TPSA) is 103 Å². The van der Waals surface area contributed by atoms with Crippen molar-refractivity contribution in [2.75, 3.05) is 11.9 Å². The molecule has 0 fully saturated rings. The lowest BCUT2D eigenvalue weighted by Crippen LogP contribution is -2.25. The zero-order valence-electron chi connectivity index (χ0n) is 17.7. The van der Waals surface area contributed by atoms with E-state index in [1.807, 2.05) is 12.1 Å². The third-order valence-corrected chi connectivity index (χ3v) is 5.95. The SMILES string of the molecule is CCOC(=O)c1nn(-c2cccc(F)c2)c(=O)c2c(NC(=O)c3cc4ccccc4o3)scc12. The van der Waals surface area contributed by atoms with Crippen molar-refractivity contribution in [3.63, 3.8) is 0 Å². The Morgan fingerprint density at radius 1 is 1.18 bits per heavy atom. The lowest BCUT2D eigenvalue weighted by molar-refractivity contribution is 0.0520. The van der Waals surface area contributed by atoms with Gasteiger partial charge in [-0.15, -0.1) is 11.3 Å². The van der Waals surface area contributed by atoms with Gasteiger partial charge in [0, 0.05) is 16.2 Å². The number of hydrogen-bond acceptors (Lipinski definition) is 7. The Morgan fingerprint density at radius 2 is 2.00 bits per heavy atom. The summed E-state index contributed by atoms with van der Waals surface area (Å²) in [5.41, 5.74) is -0.0832. The number of carbonyl (C=O) groups is 2. The maximum Gasteiger partial charge on any atom is 0.359 e. The van der Waals surface area contributed by atoms with Crippen LogP contribution in [0.1, 0.15) is 28.0 Å². The number of carbonyl (C=O) groups excluding carboxylic acids is 2. The highest BCUT2D eigenvalue weighted by molar-refractivity contribution is 7.16. The van der Waals surface area contributed by atoms with E-state index in [1.165, 1.54) is 18.2 Å². The molecule has 1 amide bonds. The van der Waals surface area contributed by atoms with Gasteiger partial charge >= 0.3 is 5.97 Å². The lowest BCUT2D eigenvalue weighted by atomic mass is 10.2. The number of anilines is 1. The fraction of sp³-hybridized carbons (Fsp3) is 0.0833. The first kappa shape index (κ1) is 21.5. The lowest BCUT2D eigenvalue weighted by Gasteiger charge is -2.09. The number of amides is 1. The van der Waals surface area contributed by atoms with E-state index in [1.54, 1.807) is 30.5 Å². The Hall–Kier alpha value is -4.31.